The summed E-state index contributed by atoms with van der Waals surface area (Å²) >= 11 is 5.83. The summed E-state index contributed by atoms with van der Waals surface area (Å²) in [5.74, 6) is -0.347. The molecule has 1 aromatic carbocycles. The van der Waals surface area contributed by atoms with Crippen LogP contribution in [0.5, 0.6) is 0 Å². The van der Waals surface area contributed by atoms with Crippen LogP contribution in [0, 0.1) is 5.82 Å². The summed E-state index contributed by atoms with van der Waals surface area (Å²) in [6.07, 6.45) is 0. The zero-order chi connectivity index (χ0) is 10.6. The van der Waals surface area contributed by atoms with Crippen molar-refractivity contribution in [1.29, 1.82) is 0 Å². The van der Waals surface area contributed by atoms with E-state index >= 15 is 0 Å². The molecule has 0 aliphatic rings. The molecular weight excluding hydrogens is 205 g/mol. The molecule has 0 heterocycles. The maximum absolute atomic E-state index is 13.3. The van der Waals surface area contributed by atoms with E-state index in [1.165, 1.54) is 6.07 Å². The summed E-state index contributed by atoms with van der Waals surface area (Å²) in [5, 5.41) is 3.33. The quantitative estimate of drug-likeness (QED) is 0.838. The molecular formula is C10H13ClFNO. The maximum Gasteiger partial charge on any atom is 0.147 e. The molecule has 1 rings (SSSR count). The van der Waals surface area contributed by atoms with Gasteiger partial charge in [0, 0.05) is 13.2 Å². The van der Waals surface area contributed by atoms with Crippen molar-refractivity contribution in [2.24, 2.45) is 0 Å². The Morgan fingerprint density at radius 2 is 2.29 bits per heavy atom. The smallest absolute Gasteiger partial charge is 0.147 e. The second-order valence-electron chi connectivity index (χ2n) is 3.10. The van der Waals surface area contributed by atoms with Crippen molar-refractivity contribution in [3.63, 3.8) is 0 Å². The number of benzene rings is 1. The average Bonchev–Trinajstić information content (AvgIpc) is 2.12. The highest BCUT2D eigenvalue weighted by molar-refractivity contribution is 6.33. The Kier molecular flexibility index (Phi) is 4.17. The number of hydrogen-bond acceptors (Lipinski definition) is 2. The first-order valence-corrected chi connectivity index (χ1v) is 4.72. The number of ether oxygens (including phenoxy) is 1. The summed E-state index contributed by atoms with van der Waals surface area (Å²) in [6, 6.07) is 4.61. The van der Waals surface area contributed by atoms with E-state index in [0.717, 1.165) is 0 Å². The molecule has 1 N–H and O–H groups in total. The van der Waals surface area contributed by atoms with Gasteiger partial charge in [0.2, 0.25) is 0 Å². The van der Waals surface area contributed by atoms with Gasteiger partial charge in [0.05, 0.1) is 17.3 Å². The first-order valence-electron chi connectivity index (χ1n) is 4.34. The molecule has 0 saturated heterocycles. The van der Waals surface area contributed by atoms with E-state index in [-0.39, 0.29) is 11.9 Å². The van der Waals surface area contributed by atoms with Crippen molar-refractivity contribution in [2.75, 3.05) is 19.0 Å². The minimum atomic E-state index is -0.347. The molecule has 0 saturated carbocycles. The van der Waals surface area contributed by atoms with Gasteiger partial charge in [-0.1, -0.05) is 17.7 Å². The molecule has 1 aromatic rings. The van der Waals surface area contributed by atoms with Crippen LogP contribution in [-0.4, -0.2) is 19.8 Å². The van der Waals surface area contributed by atoms with E-state index in [1.54, 1.807) is 19.2 Å². The molecule has 0 radical (unpaired) electrons. The van der Waals surface area contributed by atoms with Gasteiger partial charge in [0.1, 0.15) is 5.82 Å². The predicted octanol–water partition coefficient (Wildman–Crippen LogP) is 2.93. The highest BCUT2D eigenvalue weighted by Gasteiger charge is 2.09. The second-order valence-corrected chi connectivity index (χ2v) is 3.50. The topological polar surface area (TPSA) is 21.3 Å². The highest BCUT2D eigenvalue weighted by atomic mass is 35.5. The molecule has 0 aromatic heterocycles. The van der Waals surface area contributed by atoms with Crippen molar-refractivity contribution in [2.45, 2.75) is 13.0 Å². The lowest BCUT2D eigenvalue weighted by molar-refractivity contribution is 0.190. The molecule has 0 bridgehead atoms. The average molecular weight is 218 g/mol. The van der Waals surface area contributed by atoms with Crippen LogP contribution >= 0.6 is 11.6 Å². The molecule has 1 unspecified atom stereocenters. The third-order valence-electron chi connectivity index (χ3n) is 1.77. The van der Waals surface area contributed by atoms with Crippen molar-refractivity contribution in [3.8, 4) is 0 Å². The fourth-order valence-electron chi connectivity index (χ4n) is 1.17. The van der Waals surface area contributed by atoms with Crippen LogP contribution in [0.4, 0.5) is 10.1 Å². The van der Waals surface area contributed by atoms with Crippen LogP contribution in [0.15, 0.2) is 18.2 Å². The van der Waals surface area contributed by atoms with Gasteiger partial charge in [-0.15, -0.1) is 0 Å². The fraction of sp³-hybridized carbons (Fsp3) is 0.400. The van der Waals surface area contributed by atoms with Crippen LogP contribution in [-0.2, 0) is 4.74 Å². The Bertz CT molecular complexity index is 286. The molecule has 0 fully saturated rings. The normalized spacial score (nSPS) is 12.6. The summed E-state index contributed by atoms with van der Waals surface area (Å²) in [4.78, 5) is 0. The largest absolute Gasteiger partial charge is 0.383 e. The Labute approximate surface area is 88.0 Å². The molecule has 0 aliphatic carbocycles. The van der Waals surface area contributed by atoms with Gasteiger partial charge < -0.3 is 10.1 Å². The fourth-order valence-corrected chi connectivity index (χ4v) is 1.39. The minimum Gasteiger partial charge on any atom is -0.383 e. The van der Waals surface area contributed by atoms with E-state index in [0.29, 0.717) is 17.3 Å². The standard InChI is InChI=1S/C10H13ClFNO/c1-7(6-14-2)13-10-8(11)4-3-5-9(10)12/h3-5,7,13H,6H2,1-2H3. The van der Waals surface area contributed by atoms with Gasteiger partial charge in [-0.2, -0.15) is 0 Å². The highest BCUT2D eigenvalue weighted by Crippen LogP contribution is 2.25. The Morgan fingerprint density at radius 3 is 2.86 bits per heavy atom. The number of para-hydroxylation sites is 1. The van der Waals surface area contributed by atoms with Gasteiger partial charge in [-0.05, 0) is 19.1 Å². The second kappa shape index (κ2) is 5.17. The molecule has 0 spiro atoms. The molecule has 1 atom stereocenters. The minimum absolute atomic E-state index is 0.0226. The van der Waals surface area contributed by atoms with Crippen LogP contribution < -0.4 is 5.32 Å². The van der Waals surface area contributed by atoms with Crippen LogP contribution in [0.2, 0.25) is 5.02 Å². The molecule has 2 nitrogen and oxygen atoms in total. The summed E-state index contributed by atoms with van der Waals surface area (Å²) in [7, 11) is 1.60. The van der Waals surface area contributed by atoms with E-state index in [9.17, 15) is 4.39 Å². The first kappa shape index (κ1) is 11.3. The lowest BCUT2D eigenvalue weighted by Gasteiger charge is -2.15. The first-order chi connectivity index (χ1) is 6.65. The van der Waals surface area contributed by atoms with Gasteiger partial charge >= 0.3 is 0 Å². The zero-order valence-electron chi connectivity index (χ0n) is 8.18. The van der Waals surface area contributed by atoms with Crippen molar-refractivity contribution < 1.29 is 9.13 Å². The van der Waals surface area contributed by atoms with Crippen LogP contribution in [0.3, 0.4) is 0 Å². The van der Waals surface area contributed by atoms with Gasteiger partial charge in [0.25, 0.3) is 0 Å². The summed E-state index contributed by atoms with van der Waals surface area (Å²) in [5.41, 5.74) is 0.332. The Balaban J connectivity index is 2.75. The third-order valence-corrected chi connectivity index (χ3v) is 2.09. The lowest BCUT2D eigenvalue weighted by Crippen LogP contribution is -2.21. The van der Waals surface area contributed by atoms with Crippen molar-refractivity contribution in [3.05, 3.63) is 29.0 Å². The predicted molar refractivity (Wildman–Crippen MR) is 56.4 cm³/mol. The maximum atomic E-state index is 13.3. The number of rotatable bonds is 4. The van der Waals surface area contributed by atoms with Gasteiger partial charge in [-0.25, -0.2) is 4.39 Å². The number of halogens is 2. The number of nitrogens with one attached hydrogen (secondary N) is 1. The van der Waals surface area contributed by atoms with E-state index in [1.807, 2.05) is 6.92 Å². The SMILES string of the molecule is COCC(C)Nc1c(F)cccc1Cl. The molecule has 0 amide bonds. The number of methoxy groups -OCH3 is 1. The lowest BCUT2D eigenvalue weighted by atomic mass is 10.2. The van der Waals surface area contributed by atoms with Crippen molar-refractivity contribution >= 4 is 17.3 Å². The number of anilines is 1. The number of hydrogen-bond donors (Lipinski definition) is 1. The van der Waals surface area contributed by atoms with Gasteiger partial charge in [-0.3, -0.25) is 0 Å². The van der Waals surface area contributed by atoms with Crippen LogP contribution in [0.1, 0.15) is 6.92 Å². The van der Waals surface area contributed by atoms with Crippen molar-refractivity contribution in [1.82, 2.24) is 0 Å². The Hall–Kier alpha value is -0.800. The molecule has 0 aliphatic heterocycles. The molecule has 4 heteroatoms. The molecule has 78 valence electrons. The molecule has 14 heavy (non-hydrogen) atoms. The summed E-state index contributed by atoms with van der Waals surface area (Å²) < 4.78 is 18.2. The van der Waals surface area contributed by atoms with Gasteiger partial charge in [0.15, 0.2) is 0 Å². The van der Waals surface area contributed by atoms with E-state index in [4.69, 9.17) is 16.3 Å². The van der Waals surface area contributed by atoms with Crippen LogP contribution in [0.25, 0.3) is 0 Å². The zero-order valence-corrected chi connectivity index (χ0v) is 8.94. The monoisotopic (exact) mass is 217 g/mol. The summed E-state index contributed by atoms with van der Waals surface area (Å²) in [6.45, 7) is 2.40. The van der Waals surface area contributed by atoms with E-state index in [2.05, 4.69) is 5.32 Å². The Morgan fingerprint density at radius 1 is 1.57 bits per heavy atom. The third kappa shape index (κ3) is 2.86. The van der Waals surface area contributed by atoms with E-state index < -0.39 is 0 Å².